The van der Waals surface area contributed by atoms with Crippen LogP contribution >= 0.6 is 0 Å². The van der Waals surface area contributed by atoms with E-state index in [0.29, 0.717) is 6.42 Å². The first-order valence-corrected chi connectivity index (χ1v) is 4.29. The highest BCUT2D eigenvalue weighted by Gasteiger charge is 2.12. The van der Waals surface area contributed by atoms with Gasteiger partial charge in [0.2, 0.25) is 0 Å². The van der Waals surface area contributed by atoms with Crippen molar-refractivity contribution < 1.29 is 0 Å². The maximum Gasteiger partial charge on any atom is 0.0669 e. The van der Waals surface area contributed by atoms with Crippen molar-refractivity contribution in [3.05, 3.63) is 35.4 Å². The number of hydrogen-bond acceptors (Lipinski definition) is 2. The van der Waals surface area contributed by atoms with E-state index in [1.807, 2.05) is 38.1 Å². The smallest absolute Gasteiger partial charge is 0.0669 e. The number of rotatable bonds is 2. The van der Waals surface area contributed by atoms with Crippen LogP contribution < -0.4 is 5.73 Å². The van der Waals surface area contributed by atoms with Crippen LogP contribution in [0.1, 0.15) is 25.0 Å². The van der Waals surface area contributed by atoms with Gasteiger partial charge in [-0.15, -0.1) is 0 Å². The van der Waals surface area contributed by atoms with Crippen LogP contribution in [0, 0.1) is 11.3 Å². The largest absolute Gasteiger partial charge is 0.322 e. The molecule has 0 aliphatic rings. The van der Waals surface area contributed by atoms with Crippen LogP contribution in [0.3, 0.4) is 0 Å². The molecule has 0 fully saturated rings. The van der Waals surface area contributed by atoms with Crippen molar-refractivity contribution >= 4 is 0 Å². The van der Waals surface area contributed by atoms with E-state index in [9.17, 15) is 0 Å². The third-order valence-corrected chi connectivity index (χ3v) is 1.98. The van der Waals surface area contributed by atoms with Gasteiger partial charge in [0.15, 0.2) is 0 Å². The fourth-order valence-electron chi connectivity index (χ4n) is 1.14. The van der Waals surface area contributed by atoms with Gasteiger partial charge in [0.25, 0.3) is 0 Å². The lowest BCUT2D eigenvalue weighted by Gasteiger charge is -2.18. The Morgan fingerprint density at radius 1 is 1.31 bits per heavy atom. The van der Waals surface area contributed by atoms with Gasteiger partial charge in [0.1, 0.15) is 0 Å². The minimum Gasteiger partial charge on any atom is -0.322 e. The second kappa shape index (κ2) is 3.59. The number of benzene rings is 1. The molecule has 0 aliphatic carbocycles. The van der Waals surface area contributed by atoms with E-state index in [4.69, 9.17) is 11.0 Å². The average molecular weight is 174 g/mol. The van der Waals surface area contributed by atoms with E-state index in [1.165, 1.54) is 0 Å². The minimum absolute atomic E-state index is 0.300. The summed E-state index contributed by atoms with van der Waals surface area (Å²) in [6, 6.07) is 9.97. The van der Waals surface area contributed by atoms with Crippen molar-refractivity contribution in [2.45, 2.75) is 25.8 Å². The third-order valence-electron chi connectivity index (χ3n) is 1.98. The zero-order valence-corrected chi connectivity index (χ0v) is 8.04. The van der Waals surface area contributed by atoms with Gasteiger partial charge in [0, 0.05) is 5.54 Å². The molecule has 0 amide bonds. The Kier molecular flexibility index (Phi) is 2.69. The van der Waals surface area contributed by atoms with Gasteiger partial charge in [-0.2, -0.15) is 5.26 Å². The summed E-state index contributed by atoms with van der Waals surface area (Å²) in [5.74, 6) is 0. The predicted molar refractivity (Wildman–Crippen MR) is 53.0 cm³/mol. The maximum absolute atomic E-state index is 8.47. The molecule has 1 rings (SSSR count). The van der Waals surface area contributed by atoms with Gasteiger partial charge in [-0.05, 0) is 25.0 Å². The monoisotopic (exact) mass is 174 g/mol. The number of nitrogens with zero attached hydrogens (tertiary/aromatic N) is 1. The normalized spacial score (nSPS) is 10.9. The van der Waals surface area contributed by atoms with E-state index < -0.39 is 0 Å². The van der Waals surface area contributed by atoms with Crippen molar-refractivity contribution in [3.8, 4) is 6.07 Å². The third kappa shape index (κ3) is 2.57. The summed E-state index contributed by atoms with van der Waals surface area (Å²) in [6.45, 7) is 3.93. The van der Waals surface area contributed by atoms with E-state index in [0.717, 1.165) is 11.1 Å². The molecule has 1 aromatic carbocycles. The molecule has 13 heavy (non-hydrogen) atoms. The second-order valence-electron chi connectivity index (χ2n) is 3.75. The van der Waals surface area contributed by atoms with Crippen molar-refractivity contribution in [1.29, 1.82) is 5.26 Å². The van der Waals surface area contributed by atoms with Crippen LogP contribution in [0.5, 0.6) is 0 Å². The second-order valence-corrected chi connectivity index (χ2v) is 3.75. The first-order chi connectivity index (χ1) is 6.04. The van der Waals surface area contributed by atoms with Crippen molar-refractivity contribution in [3.63, 3.8) is 0 Å². The Balaban J connectivity index is 2.89. The van der Waals surface area contributed by atoms with Gasteiger partial charge in [0.05, 0.1) is 12.5 Å². The van der Waals surface area contributed by atoms with Crippen LogP contribution in [0.2, 0.25) is 0 Å². The summed E-state index contributed by atoms with van der Waals surface area (Å²) < 4.78 is 0. The number of nitriles is 1. The Morgan fingerprint density at radius 2 is 1.85 bits per heavy atom. The van der Waals surface area contributed by atoms with Gasteiger partial charge in [-0.1, -0.05) is 24.3 Å². The fourth-order valence-corrected chi connectivity index (χ4v) is 1.14. The van der Waals surface area contributed by atoms with Gasteiger partial charge in [-0.25, -0.2) is 0 Å². The molecule has 1 aromatic rings. The van der Waals surface area contributed by atoms with E-state index in [-0.39, 0.29) is 5.54 Å². The molecular weight excluding hydrogens is 160 g/mol. The first-order valence-electron chi connectivity index (χ1n) is 4.29. The summed E-state index contributed by atoms with van der Waals surface area (Å²) in [5.41, 5.74) is 7.74. The van der Waals surface area contributed by atoms with E-state index in [2.05, 4.69) is 6.07 Å². The first kappa shape index (κ1) is 9.76. The molecule has 0 radical (unpaired) electrons. The zero-order chi connectivity index (χ0) is 9.90. The molecule has 0 unspecified atom stereocenters. The maximum atomic E-state index is 8.47. The lowest BCUT2D eigenvalue weighted by Crippen LogP contribution is -2.28. The summed E-state index contributed by atoms with van der Waals surface area (Å²) >= 11 is 0. The summed E-state index contributed by atoms with van der Waals surface area (Å²) in [7, 11) is 0. The molecule has 0 saturated heterocycles. The molecule has 2 nitrogen and oxygen atoms in total. The Bertz CT molecular complexity index is 311. The van der Waals surface area contributed by atoms with E-state index >= 15 is 0 Å². The summed E-state index contributed by atoms with van der Waals surface area (Å²) in [4.78, 5) is 0. The molecule has 0 aromatic heterocycles. The van der Waals surface area contributed by atoms with Crippen molar-refractivity contribution in [2.24, 2.45) is 5.73 Å². The molecule has 0 aliphatic heterocycles. The minimum atomic E-state index is -0.300. The average Bonchev–Trinajstić information content (AvgIpc) is 2.04. The standard InChI is InChI=1S/C11H14N2/c1-11(2,13)10-5-3-9(4-6-10)7-8-12/h3-6H,7,13H2,1-2H3. The van der Waals surface area contributed by atoms with Crippen molar-refractivity contribution in [1.82, 2.24) is 0 Å². The molecule has 0 spiro atoms. The molecule has 2 heteroatoms. The highest BCUT2D eigenvalue weighted by Crippen LogP contribution is 2.17. The molecule has 0 atom stereocenters. The highest BCUT2D eigenvalue weighted by molar-refractivity contribution is 5.28. The van der Waals surface area contributed by atoms with Crippen LogP contribution in [0.25, 0.3) is 0 Å². The Hall–Kier alpha value is -1.33. The fraction of sp³-hybridized carbons (Fsp3) is 0.364. The predicted octanol–water partition coefficient (Wildman–Crippen LogP) is 1.95. The SMILES string of the molecule is CC(C)(N)c1ccc(CC#N)cc1. The molecule has 0 bridgehead atoms. The van der Waals surface area contributed by atoms with E-state index in [1.54, 1.807) is 0 Å². The van der Waals surface area contributed by atoms with Crippen molar-refractivity contribution in [2.75, 3.05) is 0 Å². The summed E-state index contributed by atoms with van der Waals surface area (Å²) in [6.07, 6.45) is 0.464. The quantitative estimate of drug-likeness (QED) is 0.745. The van der Waals surface area contributed by atoms with Gasteiger partial charge >= 0.3 is 0 Å². The molecular formula is C11H14N2. The Morgan fingerprint density at radius 3 is 2.23 bits per heavy atom. The topological polar surface area (TPSA) is 49.8 Å². The molecule has 2 N–H and O–H groups in total. The lowest BCUT2D eigenvalue weighted by atomic mass is 9.94. The van der Waals surface area contributed by atoms with Gasteiger partial charge in [-0.3, -0.25) is 0 Å². The van der Waals surface area contributed by atoms with Crippen LogP contribution in [0.4, 0.5) is 0 Å². The number of nitrogens with two attached hydrogens (primary N) is 1. The molecule has 0 saturated carbocycles. The zero-order valence-electron chi connectivity index (χ0n) is 8.04. The number of hydrogen-bond donors (Lipinski definition) is 1. The van der Waals surface area contributed by atoms with Gasteiger partial charge < -0.3 is 5.73 Å². The summed E-state index contributed by atoms with van der Waals surface area (Å²) in [5, 5.41) is 8.47. The lowest BCUT2D eigenvalue weighted by molar-refractivity contribution is 0.554. The van der Waals surface area contributed by atoms with Crippen LogP contribution in [-0.4, -0.2) is 0 Å². The molecule has 68 valence electrons. The molecule has 0 heterocycles. The van der Waals surface area contributed by atoms with Crippen LogP contribution in [0.15, 0.2) is 24.3 Å². The Labute approximate surface area is 79.0 Å². The van der Waals surface area contributed by atoms with Crippen LogP contribution in [-0.2, 0) is 12.0 Å². The highest BCUT2D eigenvalue weighted by atomic mass is 14.7.